The van der Waals surface area contributed by atoms with Crippen LogP contribution in [0.25, 0.3) is 10.8 Å². The van der Waals surface area contributed by atoms with Crippen LogP contribution < -0.4 is 0 Å². The average molecular weight is 295 g/mol. The van der Waals surface area contributed by atoms with Gasteiger partial charge in [0.1, 0.15) is 0 Å². The molecular formula is C16H16F3NO. The lowest BCUT2D eigenvalue weighted by molar-refractivity contribution is -0.136. The number of hydrogen-bond donors (Lipinski definition) is 0. The zero-order chi connectivity index (χ0) is 15.6. The first-order chi connectivity index (χ1) is 9.86. The van der Waals surface area contributed by atoms with Crippen molar-refractivity contribution in [2.24, 2.45) is 0 Å². The molecule has 0 saturated heterocycles. The molecule has 0 aliphatic heterocycles. The second-order valence-electron chi connectivity index (χ2n) is 4.93. The monoisotopic (exact) mass is 295 g/mol. The number of rotatable bonds is 3. The number of benzene rings is 2. The van der Waals surface area contributed by atoms with Crippen molar-refractivity contribution in [1.29, 1.82) is 0 Å². The average Bonchev–Trinajstić information content (AvgIpc) is 2.44. The van der Waals surface area contributed by atoms with Crippen LogP contribution in [0.5, 0.6) is 0 Å². The molecule has 5 heteroatoms. The summed E-state index contributed by atoms with van der Waals surface area (Å²) in [5, 5.41) is 0.390. The number of alkyl halides is 3. The van der Waals surface area contributed by atoms with Crippen LogP contribution in [0.3, 0.4) is 0 Å². The topological polar surface area (TPSA) is 20.3 Å². The van der Waals surface area contributed by atoms with E-state index in [0.29, 0.717) is 17.5 Å². The lowest BCUT2D eigenvalue weighted by Gasteiger charge is -2.18. The van der Waals surface area contributed by atoms with E-state index in [9.17, 15) is 18.0 Å². The third-order valence-electron chi connectivity index (χ3n) is 3.36. The minimum atomic E-state index is -4.43. The molecule has 0 aliphatic rings. The molecule has 0 aromatic heterocycles. The Morgan fingerprint density at radius 1 is 1.10 bits per heavy atom. The van der Waals surface area contributed by atoms with E-state index in [4.69, 9.17) is 0 Å². The Morgan fingerprint density at radius 3 is 2.33 bits per heavy atom. The van der Waals surface area contributed by atoms with Gasteiger partial charge in [-0.3, -0.25) is 4.79 Å². The number of nitrogens with zero attached hydrogens (tertiary/aromatic N) is 1. The molecule has 2 nitrogen and oxygen atoms in total. The summed E-state index contributed by atoms with van der Waals surface area (Å²) in [4.78, 5) is 13.9. The molecule has 0 aliphatic carbocycles. The quantitative estimate of drug-likeness (QED) is 0.825. The van der Waals surface area contributed by atoms with Crippen molar-refractivity contribution in [2.75, 3.05) is 13.6 Å². The number of fused-ring (bicyclic) bond motifs is 1. The first-order valence-electron chi connectivity index (χ1n) is 6.70. The third kappa shape index (κ3) is 3.01. The van der Waals surface area contributed by atoms with E-state index < -0.39 is 11.7 Å². The molecule has 0 unspecified atom stereocenters. The lowest BCUT2D eigenvalue weighted by Crippen LogP contribution is -2.27. The predicted octanol–water partition coefficient (Wildman–Crippen LogP) is 4.34. The van der Waals surface area contributed by atoms with E-state index in [1.54, 1.807) is 19.2 Å². The van der Waals surface area contributed by atoms with Gasteiger partial charge in [-0.25, -0.2) is 0 Å². The van der Waals surface area contributed by atoms with Crippen LogP contribution in [-0.2, 0) is 6.18 Å². The van der Waals surface area contributed by atoms with Crippen molar-refractivity contribution >= 4 is 16.7 Å². The van der Waals surface area contributed by atoms with Crippen LogP contribution in [0.1, 0.15) is 29.3 Å². The highest BCUT2D eigenvalue weighted by Gasteiger charge is 2.32. The van der Waals surface area contributed by atoms with E-state index >= 15 is 0 Å². The van der Waals surface area contributed by atoms with Crippen LogP contribution >= 0.6 is 0 Å². The fraction of sp³-hybridized carbons (Fsp3) is 0.312. The summed E-state index contributed by atoms with van der Waals surface area (Å²) in [6.45, 7) is 2.50. The molecule has 0 N–H and O–H groups in total. The Kier molecular flexibility index (Phi) is 4.21. The molecule has 0 saturated carbocycles. The SMILES string of the molecule is CCCN(C)C(=O)c1cccc2c(C(F)(F)F)cccc12. The van der Waals surface area contributed by atoms with Gasteiger partial charge in [0, 0.05) is 19.2 Å². The Hall–Kier alpha value is -2.04. The number of carbonyl (C=O) groups excluding carboxylic acids is 1. The second-order valence-corrected chi connectivity index (χ2v) is 4.93. The molecule has 0 fully saturated rings. The molecule has 0 atom stereocenters. The second kappa shape index (κ2) is 5.76. The molecular weight excluding hydrogens is 279 g/mol. The van der Waals surface area contributed by atoms with Crippen LogP contribution in [-0.4, -0.2) is 24.4 Å². The third-order valence-corrected chi connectivity index (χ3v) is 3.36. The molecule has 0 heterocycles. The van der Waals surface area contributed by atoms with Crippen molar-refractivity contribution in [1.82, 2.24) is 4.90 Å². The zero-order valence-electron chi connectivity index (χ0n) is 11.9. The summed E-state index contributed by atoms with van der Waals surface area (Å²) in [7, 11) is 1.65. The van der Waals surface area contributed by atoms with Crippen LogP contribution in [0.15, 0.2) is 36.4 Å². The minimum Gasteiger partial charge on any atom is -0.342 e. The van der Waals surface area contributed by atoms with Gasteiger partial charge in [-0.2, -0.15) is 13.2 Å². The summed E-state index contributed by atoms with van der Waals surface area (Å²) in [6, 6.07) is 8.38. The Morgan fingerprint density at radius 2 is 1.71 bits per heavy atom. The number of amides is 1. The molecule has 2 aromatic carbocycles. The van der Waals surface area contributed by atoms with E-state index in [-0.39, 0.29) is 11.3 Å². The fourth-order valence-corrected chi connectivity index (χ4v) is 2.39. The zero-order valence-corrected chi connectivity index (χ0v) is 11.9. The van der Waals surface area contributed by atoms with Crippen LogP contribution in [0, 0.1) is 0 Å². The van der Waals surface area contributed by atoms with Crippen molar-refractivity contribution in [3.63, 3.8) is 0 Å². The Labute approximate surface area is 121 Å². The number of halogens is 3. The summed E-state index contributed by atoms with van der Waals surface area (Å²) >= 11 is 0. The van der Waals surface area contributed by atoms with Gasteiger partial charge in [0.15, 0.2) is 0 Å². The smallest absolute Gasteiger partial charge is 0.342 e. The minimum absolute atomic E-state index is 0.0562. The molecule has 2 aromatic rings. The van der Waals surface area contributed by atoms with Gasteiger partial charge in [-0.1, -0.05) is 31.2 Å². The Bertz CT molecular complexity index is 664. The number of carbonyl (C=O) groups is 1. The van der Waals surface area contributed by atoms with E-state index in [2.05, 4.69) is 0 Å². The Balaban J connectivity index is 2.60. The molecule has 1 amide bonds. The molecule has 112 valence electrons. The standard InChI is InChI=1S/C16H16F3NO/c1-3-10-20(2)15(21)13-8-4-7-12-11(13)6-5-9-14(12)16(17,18)19/h4-9H,3,10H2,1-2H3. The molecule has 2 rings (SSSR count). The first kappa shape index (κ1) is 15.4. The summed E-state index contributed by atoms with van der Waals surface area (Å²) in [5.41, 5.74) is -0.414. The largest absolute Gasteiger partial charge is 0.417 e. The van der Waals surface area contributed by atoms with E-state index in [1.807, 2.05) is 6.92 Å². The van der Waals surface area contributed by atoms with Crippen molar-refractivity contribution in [3.8, 4) is 0 Å². The maximum Gasteiger partial charge on any atom is 0.417 e. The molecule has 0 radical (unpaired) electrons. The van der Waals surface area contributed by atoms with Crippen LogP contribution in [0.4, 0.5) is 13.2 Å². The summed E-state index contributed by atoms with van der Waals surface area (Å²) in [5.74, 6) is -0.262. The van der Waals surface area contributed by atoms with Gasteiger partial charge >= 0.3 is 6.18 Å². The van der Waals surface area contributed by atoms with Crippen molar-refractivity contribution in [2.45, 2.75) is 19.5 Å². The molecule has 0 bridgehead atoms. The van der Waals surface area contributed by atoms with Gasteiger partial charge in [0.05, 0.1) is 5.56 Å². The summed E-state index contributed by atoms with van der Waals surface area (Å²) < 4.78 is 39.1. The van der Waals surface area contributed by atoms with Gasteiger partial charge in [0.2, 0.25) is 0 Å². The highest BCUT2D eigenvalue weighted by atomic mass is 19.4. The highest BCUT2D eigenvalue weighted by Crippen LogP contribution is 2.35. The first-order valence-corrected chi connectivity index (χ1v) is 6.70. The van der Waals surface area contributed by atoms with Crippen molar-refractivity contribution < 1.29 is 18.0 Å². The number of hydrogen-bond acceptors (Lipinski definition) is 1. The lowest BCUT2D eigenvalue weighted by atomic mass is 9.99. The van der Waals surface area contributed by atoms with E-state index in [1.165, 1.54) is 23.1 Å². The van der Waals surface area contributed by atoms with Gasteiger partial charge in [-0.15, -0.1) is 0 Å². The maximum absolute atomic E-state index is 13.0. The van der Waals surface area contributed by atoms with Crippen LogP contribution in [0.2, 0.25) is 0 Å². The van der Waals surface area contributed by atoms with E-state index in [0.717, 1.165) is 12.5 Å². The van der Waals surface area contributed by atoms with Gasteiger partial charge < -0.3 is 4.90 Å². The molecule has 21 heavy (non-hydrogen) atoms. The maximum atomic E-state index is 13.0. The fourth-order valence-electron chi connectivity index (χ4n) is 2.39. The van der Waals surface area contributed by atoms with Crippen molar-refractivity contribution in [3.05, 3.63) is 47.5 Å². The summed E-state index contributed by atoms with van der Waals surface area (Å²) in [6.07, 6.45) is -3.64. The predicted molar refractivity (Wildman–Crippen MR) is 76.2 cm³/mol. The van der Waals surface area contributed by atoms with Gasteiger partial charge in [-0.05, 0) is 29.3 Å². The highest BCUT2D eigenvalue weighted by molar-refractivity contribution is 6.07. The van der Waals surface area contributed by atoms with Gasteiger partial charge in [0.25, 0.3) is 5.91 Å². The molecule has 0 spiro atoms. The normalized spacial score (nSPS) is 11.7.